The lowest BCUT2D eigenvalue weighted by Crippen LogP contribution is -2.38. The van der Waals surface area contributed by atoms with Gasteiger partial charge in [0.15, 0.2) is 0 Å². The SMILES string of the molecule is CCN(C)C1CCN(C(=O)CC(C)(C)c2ccc(C)cc2)C1. The molecule has 0 saturated carbocycles. The molecule has 0 spiro atoms. The summed E-state index contributed by atoms with van der Waals surface area (Å²) in [5.74, 6) is 0.289. The smallest absolute Gasteiger partial charge is 0.223 e. The Balaban J connectivity index is 1.98. The molecule has 1 saturated heterocycles. The maximum atomic E-state index is 12.7. The van der Waals surface area contributed by atoms with Crippen LogP contribution >= 0.6 is 0 Å². The number of carbonyl (C=O) groups excluding carboxylic acids is 1. The van der Waals surface area contributed by atoms with E-state index in [-0.39, 0.29) is 11.3 Å². The normalized spacial score (nSPS) is 19.0. The van der Waals surface area contributed by atoms with Gasteiger partial charge in [-0.3, -0.25) is 4.79 Å². The van der Waals surface area contributed by atoms with Crippen molar-refractivity contribution >= 4 is 5.91 Å². The third-order valence-corrected chi connectivity index (χ3v) is 5.06. The first-order valence-corrected chi connectivity index (χ1v) is 8.38. The summed E-state index contributed by atoms with van der Waals surface area (Å²) in [6.07, 6.45) is 1.68. The maximum Gasteiger partial charge on any atom is 0.223 e. The van der Waals surface area contributed by atoms with Crippen molar-refractivity contribution in [2.24, 2.45) is 0 Å². The zero-order valence-corrected chi connectivity index (χ0v) is 14.7. The number of likely N-dealkylation sites (tertiary alicyclic amines) is 1. The lowest BCUT2D eigenvalue weighted by molar-refractivity contribution is -0.131. The molecule has 22 heavy (non-hydrogen) atoms. The molecule has 1 aromatic rings. The van der Waals surface area contributed by atoms with Crippen molar-refractivity contribution in [3.05, 3.63) is 35.4 Å². The van der Waals surface area contributed by atoms with Crippen molar-refractivity contribution in [3.8, 4) is 0 Å². The zero-order chi connectivity index (χ0) is 16.3. The second kappa shape index (κ2) is 6.82. The monoisotopic (exact) mass is 302 g/mol. The fourth-order valence-electron chi connectivity index (χ4n) is 3.18. The Morgan fingerprint density at radius 1 is 1.32 bits per heavy atom. The van der Waals surface area contributed by atoms with E-state index >= 15 is 0 Å². The summed E-state index contributed by atoms with van der Waals surface area (Å²) in [5, 5.41) is 0. The third kappa shape index (κ3) is 3.89. The van der Waals surface area contributed by atoms with Crippen molar-refractivity contribution in [2.45, 2.75) is 52.0 Å². The Morgan fingerprint density at radius 3 is 2.55 bits per heavy atom. The highest BCUT2D eigenvalue weighted by molar-refractivity contribution is 5.78. The minimum Gasteiger partial charge on any atom is -0.341 e. The molecule has 3 nitrogen and oxygen atoms in total. The van der Waals surface area contributed by atoms with E-state index in [4.69, 9.17) is 0 Å². The van der Waals surface area contributed by atoms with Crippen LogP contribution in [0.4, 0.5) is 0 Å². The molecule has 1 unspecified atom stereocenters. The van der Waals surface area contributed by atoms with Crippen molar-refractivity contribution < 1.29 is 4.79 Å². The van der Waals surface area contributed by atoms with Gasteiger partial charge in [-0.05, 0) is 37.9 Å². The number of hydrogen-bond acceptors (Lipinski definition) is 2. The Labute approximate surface area is 135 Å². The fraction of sp³-hybridized carbons (Fsp3) is 0.632. The summed E-state index contributed by atoms with van der Waals surface area (Å²) in [5.41, 5.74) is 2.39. The fourth-order valence-corrected chi connectivity index (χ4v) is 3.18. The van der Waals surface area contributed by atoms with E-state index < -0.39 is 0 Å². The van der Waals surface area contributed by atoms with Crippen LogP contribution in [0.2, 0.25) is 0 Å². The molecule has 1 aliphatic rings. The van der Waals surface area contributed by atoms with E-state index in [2.05, 4.69) is 63.9 Å². The van der Waals surface area contributed by atoms with Crippen LogP contribution in [0.15, 0.2) is 24.3 Å². The van der Waals surface area contributed by atoms with Gasteiger partial charge in [0.2, 0.25) is 5.91 Å². The first-order chi connectivity index (χ1) is 10.3. The highest BCUT2D eigenvalue weighted by Crippen LogP contribution is 2.29. The number of benzene rings is 1. The minimum absolute atomic E-state index is 0.112. The number of nitrogens with zero attached hydrogens (tertiary/aromatic N) is 2. The van der Waals surface area contributed by atoms with E-state index in [1.54, 1.807) is 0 Å². The molecule has 0 N–H and O–H groups in total. The molecule has 1 amide bonds. The molecular weight excluding hydrogens is 272 g/mol. The minimum atomic E-state index is -0.112. The molecule has 1 fully saturated rings. The average Bonchev–Trinajstić information content (AvgIpc) is 2.96. The van der Waals surface area contributed by atoms with Gasteiger partial charge in [0.1, 0.15) is 0 Å². The molecule has 2 rings (SSSR count). The number of amides is 1. The predicted octanol–water partition coefficient (Wildman–Crippen LogP) is 3.22. The molecule has 122 valence electrons. The van der Waals surface area contributed by atoms with Crippen molar-refractivity contribution in [2.75, 3.05) is 26.7 Å². The first-order valence-electron chi connectivity index (χ1n) is 8.38. The molecule has 0 aliphatic carbocycles. The van der Waals surface area contributed by atoms with Crippen LogP contribution < -0.4 is 0 Å². The van der Waals surface area contributed by atoms with Gasteiger partial charge in [-0.15, -0.1) is 0 Å². The van der Waals surface area contributed by atoms with Crippen LogP contribution in [0.5, 0.6) is 0 Å². The van der Waals surface area contributed by atoms with Crippen LogP contribution in [0.25, 0.3) is 0 Å². The summed E-state index contributed by atoms with van der Waals surface area (Å²) < 4.78 is 0. The highest BCUT2D eigenvalue weighted by Gasteiger charge is 2.32. The molecule has 0 bridgehead atoms. The third-order valence-electron chi connectivity index (χ3n) is 5.06. The number of rotatable bonds is 5. The number of likely N-dealkylation sites (N-methyl/N-ethyl adjacent to an activating group) is 1. The van der Waals surface area contributed by atoms with Gasteiger partial charge < -0.3 is 9.80 Å². The van der Waals surface area contributed by atoms with E-state index in [0.717, 1.165) is 26.1 Å². The van der Waals surface area contributed by atoms with Crippen LogP contribution in [-0.2, 0) is 10.2 Å². The Bertz CT molecular complexity index is 507. The topological polar surface area (TPSA) is 23.6 Å². The molecule has 1 heterocycles. The van der Waals surface area contributed by atoms with E-state index in [0.29, 0.717) is 12.5 Å². The Hall–Kier alpha value is -1.35. The molecule has 1 aromatic carbocycles. The largest absolute Gasteiger partial charge is 0.341 e. The molecule has 3 heteroatoms. The highest BCUT2D eigenvalue weighted by atomic mass is 16.2. The predicted molar refractivity (Wildman–Crippen MR) is 92.1 cm³/mol. The summed E-state index contributed by atoms with van der Waals surface area (Å²) in [7, 11) is 2.15. The number of carbonyl (C=O) groups is 1. The van der Waals surface area contributed by atoms with Crippen LogP contribution in [0.1, 0.15) is 44.7 Å². The summed E-state index contributed by atoms with van der Waals surface area (Å²) in [4.78, 5) is 17.1. The van der Waals surface area contributed by atoms with E-state index in [1.165, 1.54) is 11.1 Å². The standard InChI is InChI=1S/C19H30N2O/c1-6-20(5)17-11-12-21(14-17)18(22)13-19(3,4)16-9-7-15(2)8-10-16/h7-10,17H,6,11-14H2,1-5H3. The Morgan fingerprint density at radius 2 is 1.95 bits per heavy atom. The second-order valence-electron chi connectivity index (χ2n) is 7.28. The average molecular weight is 302 g/mol. The lowest BCUT2D eigenvalue weighted by Gasteiger charge is -2.28. The van der Waals surface area contributed by atoms with Gasteiger partial charge in [0.25, 0.3) is 0 Å². The zero-order valence-electron chi connectivity index (χ0n) is 14.7. The molecule has 0 radical (unpaired) electrons. The van der Waals surface area contributed by atoms with Crippen LogP contribution in [-0.4, -0.2) is 48.4 Å². The van der Waals surface area contributed by atoms with Crippen molar-refractivity contribution in [1.82, 2.24) is 9.80 Å². The van der Waals surface area contributed by atoms with Gasteiger partial charge in [-0.25, -0.2) is 0 Å². The lowest BCUT2D eigenvalue weighted by atomic mass is 9.81. The van der Waals surface area contributed by atoms with Gasteiger partial charge in [-0.1, -0.05) is 50.6 Å². The van der Waals surface area contributed by atoms with Gasteiger partial charge in [0.05, 0.1) is 0 Å². The van der Waals surface area contributed by atoms with Gasteiger partial charge in [-0.2, -0.15) is 0 Å². The first kappa shape index (κ1) is 17.0. The van der Waals surface area contributed by atoms with Crippen LogP contribution in [0.3, 0.4) is 0 Å². The summed E-state index contributed by atoms with van der Waals surface area (Å²) in [6.45, 7) is 11.4. The molecular formula is C19H30N2O. The summed E-state index contributed by atoms with van der Waals surface area (Å²) >= 11 is 0. The van der Waals surface area contributed by atoms with Crippen LogP contribution in [0, 0.1) is 6.92 Å². The Kier molecular flexibility index (Phi) is 5.28. The maximum absolute atomic E-state index is 12.7. The molecule has 1 aliphatic heterocycles. The van der Waals surface area contributed by atoms with Gasteiger partial charge >= 0.3 is 0 Å². The van der Waals surface area contributed by atoms with E-state index in [1.807, 2.05) is 4.90 Å². The van der Waals surface area contributed by atoms with Crippen molar-refractivity contribution in [1.29, 1.82) is 0 Å². The molecule has 0 aromatic heterocycles. The van der Waals surface area contributed by atoms with E-state index in [9.17, 15) is 4.79 Å². The number of hydrogen-bond donors (Lipinski definition) is 0. The number of aryl methyl sites for hydroxylation is 1. The van der Waals surface area contributed by atoms with Gasteiger partial charge in [0, 0.05) is 25.6 Å². The van der Waals surface area contributed by atoms with Crippen molar-refractivity contribution in [3.63, 3.8) is 0 Å². The second-order valence-corrected chi connectivity index (χ2v) is 7.28. The summed E-state index contributed by atoms with van der Waals surface area (Å²) in [6, 6.07) is 9.09. The molecule has 1 atom stereocenters. The quantitative estimate of drug-likeness (QED) is 0.834.